The zero-order chi connectivity index (χ0) is 44.2. The Labute approximate surface area is 357 Å². The Kier molecular flexibility index (Phi) is 18.6. The molecule has 4 aliphatic rings. The van der Waals surface area contributed by atoms with Gasteiger partial charge in [-0.25, -0.2) is 4.79 Å². The highest BCUT2D eigenvalue weighted by Gasteiger charge is 2.47. The van der Waals surface area contributed by atoms with Crippen LogP contribution in [0.4, 0.5) is 4.79 Å². The molecule has 0 aromatic heterocycles. The first-order valence-electron chi connectivity index (χ1n) is 22.2. The van der Waals surface area contributed by atoms with E-state index in [-0.39, 0.29) is 54.7 Å². The number of unbranched alkanes of at least 4 members (excludes halogenated alkanes) is 3. The van der Waals surface area contributed by atoms with Gasteiger partial charge in [0.05, 0.1) is 36.4 Å². The van der Waals surface area contributed by atoms with Gasteiger partial charge in [0.15, 0.2) is 6.10 Å². The molecule has 0 unspecified atom stereocenters. The van der Waals surface area contributed by atoms with Gasteiger partial charge in [-0.3, -0.25) is 24.2 Å². The third-order valence-electron chi connectivity index (χ3n) is 12.9. The van der Waals surface area contributed by atoms with Crippen LogP contribution < -0.4 is 0 Å². The normalized spacial score (nSPS) is 32.3. The summed E-state index contributed by atoms with van der Waals surface area (Å²) in [7, 11) is 1.56. The number of ether oxygens (including phenoxy) is 4. The largest absolute Gasteiger partial charge is 0.457 e. The minimum atomic E-state index is -1.17. The Morgan fingerprint density at radius 1 is 1.08 bits per heavy atom. The summed E-state index contributed by atoms with van der Waals surface area (Å²) in [5, 5.41) is 32.2. The Morgan fingerprint density at radius 2 is 1.77 bits per heavy atom. The topological polar surface area (TPSA) is 179 Å². The van der Waals surface area contributed by atoms with Crippen LogP contribution in [0.5, 0.6) is 0 Å². The minimum absolute atomic E-state index is 0.0210. The molecule has 3 amide bonds. The van der Waals surface area contributed by atoms with E-state index in [4.69, 9.17) is 18.9 Å². The summed E-state index contributed by atoms with van der Waals surface area (Å²) in [6, 6.07) is 0.165. The summed E-state index contributed by atoms with van der Waals surface area (Å²) in [5.74, 6) is -1.39. The molecule has 0 radical (unpaired) electrons. The number of rotatable bonds is 18. The molecule has 0 aromatic carbocycles. The molecule has 60 heavy (non-hydrogen) atoms. The second-order valence-corrected chi connectivity index (χ2v) is 17.8. The Hall–Kier alpha value is -3.40. The first kappa shape index (κ1) is 49.3. The van der Waals surface area contributed by atoms with E-state index in [1.165, 1.54) is 17.1 Å². The minimum Gasteiger partial charge on any atom is -0.457 e. The second kappa shape index (κ2) is 22.6. The fourth-order valence-corrected chi connectivity index (χ4v) is 8.52. The third-order valence-corrected chi connectivity index (χ3v) is 12.9. The van der Waals surface area contributed by atoms with Crippen molar-refractivity contribution in [1.29, 1.82) is 0 Å². The van der Waals surface area contributed by atoms with Gasteiger partial charge in [-0.2, -0.15) is 0 Å². The van der Waals surface area contributed by atoms with Crippen molar-refractivity contribution < 1.29 is 53.4 Å². The molecule has 11 atom stereocenters. The molecular formula is C46H73N3O11. The summed E-state index contributed by atoms with van der Waals surface area (Å²) >= 11 is 0. The maximum absolute atomic E-state index is 13.9. The molecule has 0 aromatic rings. The first-order valence-corrected chi connectivity index (χ1v) is 22.2. The maximum atomic E-state index is 13.9. The van der Waals surface area contributed by atoms with Crippen molar-refractivity contribution in [3.05, 3.63) is 48.1 Å². The number of amides is 3. The number of carbonyl (C=O) groups is 4. The number of piperazine rings is 1. The number of carbonyl (C=O) groups excluding carboxylic acids is 4. The number of esters is 1. The highest BCUT2D eigenvalue weighted by molar-refractivity contribution is 6.12. The van der Waals surface area contributed by atoms with Gasteiger partial charge >= 0.3 is 12.1 Å². The number of hydrogen-bond acceptors (Lipinski definition) is 12. The van der Waals surface area contributed by atoms with Gasteiger partial charge in [0, 0.05) is 69.7 Å². The number of epoxide rings is 1. The van der Waals surface area contributed by atoms with Crippen LogP contribution in [0.2, 0.25) is 0 Å². The molecule has 0 spiro atoms. The Bertz CT molecular complexity index is 1560. The van der Waals surface area contributed by atoms with Gasteiger partial charge in [0.1, 0.15) is 11.7 Å². The molecule has 4 rings (SSSR count). The number of hydrogen-bond donors (Lipinski definition) is 3. The lowest BCUT2D eigenvalue weighted by atomic mass is 9.88. The number of cyclic esters (lactones) is 1. The lowest BCUT2D eigenvalue weighted by Crippen LogP contribution is -2.56. The highest BCUT2D eigenvalue weighted by Crippen LogP contribution is 2.38. The van der Waals surface area contributed by atoms with Crippen LogP contribution >= 0.6 is 0 Å². The fraction of sp³-hybridized carbons (Fsp3) is 0.739. The highest BCUT2D eigenvalue weighted by atomic mass is 16.6. The molecule has 0 bridgehead atoms. The lowest BCUT2D eigenvalue weighted by molar-refractivity contribution is -0.151. The Morgan fingerprint density at radius 3 is 2.42 bits per heavy atom. The van der Waals surface area contributed by atoms with Gasteiger partial charge in [-0.1, -0.05) is 64.8 Å². The lowest BCUT2D eigenvalue weighted by Gasteiger charge is -2.42. The van der Waals surface area contributed by atoms with Crippen LogP contribution in [0.3, 0.4) is 0 Å². The van der Waals surface area contributed by atoms with E-state index in [9.17, 15) is 34.5 Å². The molecule has 0 aliphatic carbocycles. The van der Waals surface area contributed by atoms with Crippen molar-refractivity contribution >= 4 is 23.9 Å². The third kappa shape index (κ3) is 14.1. The fourth-order valence-electron chi connectivity index (χ4n) is 8.52. The van der Waals surface area contributed by atoms with E-state index < -0.39 is 47.7 Å². The van der Waals surface area contributed by atoms with Gasteiger partial charge in [-0.05, 0) is 77.5 Å². The van der Waals surface area contributed by atoms with Crippen LogP contribution in [0.15, 0.2) is 48.1 Å². The molecule has 14 heteroatoms. The molecule has 2 fully saturated rings. The average molecular weight is 844 g/mol. The van der Waals surface area contributed by atoms with Crippen LogP contribution in [0.1, 0.15) is 113 Å². The van der Waals surface area contributed by atoms with E-state index in [1.54, 1.807) is 43.2 Å². The van der Waals surface area contributed by atoms with E-state index in [0.717, 1.165) is 44.2 Å². The van der Waals surface area contributed by atoms with Crippen LogP contribution in [-0.4, -0.2) is 148 Å². The summed E-state index contributed by atoms with van der Waals surface area (Å²) in [6.07, 6.45) is 13.8. The molecule has 4 heterocycles. The monoisotopic (exact) mass is 844 g/mol. The zero-order valence-electron chi connectivity index (χ0n) is 37.3. The van der Waals surface area contributed by atoms with Crippen molar-refractivity contribution in [3.63, 3.8) is 0 Å². The number of imide groups is 1. The molecular weight excluding hydrogens is 771 g/mol. The Balaban J connectivity index is 1.38. The van der Waals surface area contributed by atoms with E-state index >= 15 is 0 Å². The smallest absolute Gasteiger partial charge is 0.410 e. The van der Waals surface area contributed by atoms with Crippen LogP contribution in [0.25, 0.3) is 0 Å². The first-order chi connectivity index (χ1) is 28.4. The predicted molar refractivity (Wildman–Crippen MR) is 228 cm³/mol. The average Bonchev–Trinajstić information content (AvgIpc) is 3.90. The molecule has 4 aliphatic heterocycles. The summed E-state index contributed by atoms with van der Waals surface area (Å²) in [4.78, 5) is 56.0. The summed E-state index contributed by atoms with van der Waals surface area (Å²) < 4.78 is 24.0. The quantitative estimate of drug-likeness (QED) is 0.0409. The maximum Gasteiger partial charge on any atom is 0.410 e. The van der Waals surface area contributed by atoms with Gasteiger partial charge in [0.2, 0.25) is 0 Å². The van der Waals surface area contributed by atoms with Crippen molar-refractivity contribution in [2.45, 2.75) is 167 Å². The standard InChI is InChI=1S/C46H73N3O11/c1-9-34-30-48(27-26-47(34)24-13-11-12-14-25-49-39(52)19-20-40(49)53)44(55)59-38-18-17-32(4)42(60-41(54)28-35(50)21-23-46(38,7)57-8)31(3)16-15-22-45(6,56)29-37-43(58-37)33(5)36(51)10-2/h15-20,22,32-38,42-43,50-51,56H,9-14,21,23-30H2,1-8H3/b18-17+,22-15+,31-16+/t32-,33+,34-,35+,36-,37+,38-,42+,43+,45-,46+/m0/s1. The molecule has 0 saturated carbocycles. The van der Waals surface area contributed by atoms with Crippen molar-refractivity contribution in [2.24, 2.45) is 11.8 Å². The van der Waals surface area contributed by atoms with Crippen LogP contribution in [-0.2, 0) is 33.3 Å². The van der Waals surface area contributed by atoms with E-state index in [1.807, 2.05) is 40.7 Å². The molecule has 338 valence electrons. The zero-order valence-corrected chi connectivity index (χ0v) is 37.3. The van der Waals surface area contributed by atoms with Gasteiger partial charge < -0.3 is 39.2 Å². The number of nitrogens with zero attached hydrogens (tertiary/aromatic N) is 3. The molecule has 3 N–H and O–H groups in total. The molecule has 2 saturated heterocycles. The van der Waals surface area contributed by atoms with E-state index in [2.05, 4.69) is 11.8 Å². The summed E-state index contributed by atoms with van der Waals surface area (Å²) in [6.45, 7) is 16.4. The molecule has 14 nitrogen and oxygen atoms in total. The van der Waals surface area contributed by atoms with E-state index in [0.29, 0.717) is 45.4 Å². The van der Waals surface area contributed by atoms with Crippen LogP contribution in [0, 0.1) is 11.8 Å². The predicted octanol–water partition coefficient (Wildman–Crippen LogP) is 5.25. The number of aliphatic hydroxyl groups excluding tert-OH is 2. The number of aliphatic hydroxyl groups is 3. The second-order valence-electron chi connectivity index (χ2n) is 17.8. The van der Waals surface area contributed by atoms with Gasteiger partial charge in [-0.15, -0.1) is 0 Å². The van der Waals surface area contributed by atoms with Crippen molar-refractivity contribution in [3.8, 4) is 0 Å². The van der Waals surface area contributed by atoms with Gasteiger partial charge in [0.25, 0.3) is 11.8 Å². The summed E-state index contributed by atoms with van der Waals surface area (Å²) in [5.41, 5.74) is -1.45. The number of methoxy groups -OCH3 is 1. The van der Waals surface area contributed by atoms with Crippen molar-refractivity contribution in [2.75, 3.05) is 39.8 Å². The number of allylic oxidation sites excluding steroid dienone is 2. The SMILES string of the molecule is CC[C@H]1CN(C(=O)O[C@H]2/C=C/[C@H](C)[C@@H](/C(C)=C/C=C/[C@](C)(O)C[C@H]3O[C@@H]3[C@H](C)[C@@H](O)CC)OC(=O)C[C@H](O)CC[C@@]2(C)OC)CCN1CCCCCCN1C(=O)C=CC1=O. The van der Waals surface area contributed by atoms with Crippen molar-refractivity contribution in [1.82, 2.24) is 14.7 Å².